The van der Waals surface area contributed by atoms with Crippen LogP contribution < -0.4 is 0 Å². The molecule has 1 rings (SSSR count). The number of carbonyl (C=O) groups is 1. The van der Waals surface area contributed by atoms with Crippen LogP contribution >= 0.6 is 0 Å². The summed E-state index contributed by atoms with van der Waals surface area (Å²) < 4.78 is 51.2. The fourth-order valence-electron chi connectivity index (χ4n) is 2.09. The summed E-state index contributed by atoms with van der Waals surface area (Å²) >= 11 is 0. The van der Waals surface area contributed by atoms with E-state index < -0.39 is 23.5 Å². The molecule has 0 atom stereocenters. The Hall–Kier alpha value is -1.59. The summed E-state index contributed by atoms with van der Waals surface area (Å²) in [7, 11) is 0. The van der Waals surface area contributed by atoms with Crippen LogP contribution in [0, 0.1) is 5.82 Å². The van der Waals surface area contributed by atoms with Gasteiger partial charge in [0.05, 0.1) is 5.56 Å². The second kappa shape index (κ2) is 5.81. The van der Waals surface area contributed by atoms with Gasteiger partial charge < -0.3 is 4.90 Å². The zero-order valence-electron chi connectivity index (χ0n) is 11.8. The Morgan fingerprint density at radius 1 is 1.05 bits per heavy atom. The van der Waals surface area contributed by atoms with Crippen molar-refractivity contribution in [3.63, 3.8) is 0 Å². The number of rotatable bonds is 3. The van der Waals surface area contributed by atoms with Crippen LogP contribution in [0.15, 0.2) is 18.2 Å². The highest BCUT2D eigenvalue weighted by atomic mass is 19.4. The number of halogens is 4. The number of alkyl halides is 3. The van der Waals surface area contributed by atoms with Gasteiger partial charge in [0.2, 0.25) is 0 Å². The summed E-state index contributed by atoms with van der Waals surface area (Å²) in [5, 5.41) is 0. The Labute approximate surface area is 115 Å². The molecule has 1 aromatic carbocycles. The molecule has 0 aliphatic heterocycles. The van der Waals surface area contributed by atoms with Crippen LogP contribution in [0.25, 0.3) is 0 Å². The van der Waals surface area contributed by atoms with Crippen molar-refractivity contribution in [3.8, 4) is 0 Å². The smallest absolute Gasteiger partial charge is 0.334 e. The molecule has 0 aliphatic rings. The lowest BCUT2D eigenvalue weighted by atomic mass is 10.1. The standard InChI is InChI=1S/C14H17F4NO/c1-8(2)19(9(3)4)13(20)10-5-11(14(16,17)18)7-12(15)6-10/h5-9H,1-4H3. The first kappa shape index (κ1) is 16.5. The average Bonchev–Trinajstić information content (AvgIpc) is 2.25. The lowest BCUT2D eigenvalue weighted by Crippen LogP contribution is -2.42. The monoisotopic (exact) mass is 291 g/mol. The minimum absolute atomic E-state index is 0.194. The van der Waals surface area contributed by atoms with E-state index in [2.05, 4.69) is 0 Å². The quantitative estimate of drug-likeness (QED) is 0.768. The molecule has 0 fully saturated rings. The fraction of sp³-hybridized carbons (Fsp3) is 0.500. The largest absolute Gasteiger partial charge is 0.416 e. The molecule has 0 bridgehead atoms. The van der Waals surface area contributed by atoms with Gasteiger partial charge in [0, 0.05) is 17.6 Å². The summed E-state index contributed by atoms with van der Waals surface area (Å²) in [5.41, 5.74) is -1.45. The van der Waals surface area contributed by atoms with Gasteiger partial charge in [-0.1, -0.05) is 0 Å². The van der Waals surface area contributed by atoms with Gasteiger partial charge in [-0.3, -0.25) is 4.79 Å². The Kier molecular flexibility index (Phi) is 4.78. The molecule has 0 heterocycles. The molecule has 2 nitrogen and oxygen atoms in total. The van der Waals surface area contributed by atoms with Crippen molar-refractivity contribution < 1.29 is 22.4 Å². The maximum atomic E-state index is 13.3. The highest BCUT2D eigenvalue weighted by Crippen LogP contribution is 2.31. The summed E-state index contributed by atoms with van der Waals surface area (Å²) in [6, 6.07) is 1.50. The maximum absolute atomic E-state index is 13.3. The molecule has 112 valence electrons. The number of hydrogen-bond acceptors (Lipinski definition) is 1. The molecule has 0 aromatic heterocycles. The molecule has 0 saturated heterocycles. The zero-order chi connectivity index (χ0) is 15.7. The minimum Gasteiger partial charge on any atom is -0.334 e. The molecule has 1 aromatic rings. The Bertz CT molecular complexity index is 486. The van der Waals surface area contributed by atoms with E-state index in [0.29, 0.717) is 12.1 Å². The molecule has 1 amide bonds. The molecule has 20 heavy (non-hydrogen) atoms. The van der Waals surface area contributed by atoms with E-state index in [4.69, 9.17) is 0 Å². The van der Waals surface area contributed by atoms with Gasteiger partial charge in [-0.05, 0) is 45.9 Å². The molecular weight excluding hydrogens is 274 g/mol. The van der Waals surface area contributed by atoms with Gasteiger partial charge in [-0.2, -0.15) is 13.2 Å². The Balaban J connectivity index is 3.26. The molecular formula is C14H17F4NO. The predicted octanol–water partition coefficient (Wildman–Crippen LogP) is 4.10. The molecule has 0 radical (unpaired) electrons. The normalized spacial score (nSPS) is 12.1. The van der Waals surface area contributed by atoms with Crippen LogP contribution in [0.2, 0.25) is 0 Å². The third-order valence-corrected chi connectivity index (χ3v) is 2.82. The van der Waals surface area contributed by atoms with E-state index >= 15 is 0 Å². The van der Waals surface area contributed by atoms with Crippen LogP contribution in [0.1, 0.15) is 43.6 Å². The molecule has 0 saturated carbocycles. The Morgan fingerprint density at radius 3 is 1.95 bits per heavy atom. The number of carbonyl (C=O) groups excluding carboxylic acids is 1. The minimum atomic E-state index is -4.68. The number of nitrogens with zero attached hydrogens (tertiary/aromatic N) is 1. The second-order valence-electron chi connectivity index (χ2n) is 5.13. The first-order valence-corrected chi connectivity index (χ1v) is 6.24. The van der Waals surface area contributed by atoms with Crippen LogP contribution in [-0.4, -0.2) is 22.9 Å². The number of amides is 1. The molecule has 0 N–H and O–H groups in total. The van der Waals surface area contributed by atoms with Gasteiger partial charge in [0.25, 0.3) is 5.91 Å². The van der Waals surface area contributed by atoms with Gasteiger partial charge >= 0.3 is 6.18 Å². The van der Waals surface area contributed by atoms with Gasteiger partial charge in [-0.15, -0.1) is 0 Å². The lowest BCUT2D eigenvalue weighted by molar-refractivity contribution is -0.137. The van der Waals surface area contributed by atoms with Crippen LogP contribution in [0.5, 0.6) is 0 Å². The number of hydrogen-bond donors (Lipinski definition) is 0. The molecule has 0 aliphatic carbocycles. The first-order chi connectivity index (χ1) is 9.04. The highest BCUT2D eigenvalue weighted by molar-refractivity contribution is 5.94. The van der Waals surface area contributed by atoms with E-state index in [-0.39, 0.29) is 17.6 Å². The van der Waals surface area contributed by atoms with Crippen molar-refractivity contribution in [2.45, 2.75) is 46.0 Å². The fourth-order valence-corrected chi connectivity index (χ4v) is 2.09. The summed E-state index contributed by atoms with van der Waals surface area (Å²) in [6.45, 7) is 7.01. The van der Waals surface area contributed by atoms with E-state index in [0.717, 1.165) is 6.07 Å². The van der Waals surface area contributed by atoms with Crippen molar-refractivity contribution in [1.82, 2.24) is 4.90 Å². The Morgan fingerprint density at radius 2 is 1.55 bits per heavy atom. The average molecular weight is 291 g/mol. The molecule has 6 heteroatoms. The van der Waals surface area contributed by atoms with Crippen molar-refractivity contribution in [1.29, 1.82) is 0 Å². The van der Waals surface area contributed by atoms with Crippen molar-refractivity contribution in [2.75, 3.05) is 0 Å². The van der Waals surface area contributed by atoms with E-state index in [1.807, 2.05) is 0 Å². The second-order valence-corrected chi connectivity index (χ2v) is 5.13. The third kappa shape index (κ3) is 3.71. The zero-order valence-corrected chi connectivity index (χ0v) is 11.8. The summed E-state index contributed by atoms with van der Waals surface area (Å²) in [5.74, 6) is -1.68. The summed E-state index contributed by atoms with van der Waals surface area (Å²) in [4.78, 5) is 13.7. The van der Waals surface area contributed by atoms with Crippen molar-refractivity contribution >= 4 is 5.91 Å². The van der Waals surface area contributed by atoms with Gasteiger partial charge in [0.15, 0.2) is 0 Å². The van der Waals surface area contributed by atoms with Crippen molar-refractivity contribution in [3.05, 3.63) is 35.1 Å². The maximum Gasteiger partial charge on any atom is 0.416 e. The molecule has 0 unspecified atom stereocenters. The topological polar surface area (TPSA) is 20.3 Å². The van der Waals surface area contributed by atoms with Gasteiger partial charge in [0.1, 0.15) is 5.82 Å². The first-order valence-electron chi connectivity index (χ1n) is 6.24. The lowest BCUT2D eigenvalue weighted by Gasteiger charge is -2.31. The SMILES string of the molecule is CC(C)N(C(=O)c1cc(F)cc(C(F)(F)F)c1)C(C)C. The van der Waals surface area contributed by atoms with E-state index in [1.54, 1.807) is 27.7 Å². The van der Waals surface area contributed by atoms with Crippen LogP contribution in [-0.2, 0) is 6.18 Å². The molecule has 0 spiro atoms. The third-order valence-electron chi connectivity index (χ3n) is 2.82. The van der Waals surface area contributed by atoms with E-state index in [9.17, 15) is 22.4 Å². The number of benzene rings is 1. The highest BCUT2D eigenvalue weighted by Gasteiger charge is 2.33. The van der Waals surface area contributed by atoms with Crippen molar-refractivity contribution in [2.24, 2.45) is 0 Å². The van der Waals surface area contributed by atoms with Crippen LogP contribution in [0.3, 0.4) is 0 Å². The summed E-state index contributed by atoms with van der Waals surface area (Å²) in [6.07, 6.45) is -4.68. The van der Waals surface area contributed by atoms with E-state index in [1.165, 1.54) is 4.90 Å². The van der Waals surface area contributed by atoms with Gasteiger partial charge in [-0.25, -0.2) is 4.39 Å². The predicted molar refractivity (Wildman–Crippen MR) is 67.8 cm³/mol. The van der Waals surface area contributed by atoms with Crippen LogP contribution in [0.4, 0.5) is 17.6 Å².